The van der Waals surface area contributed by atoms with Gasteiger partial charge >= 0.3 is 5.22 Å². The second-order valence-corrected chi connectivity index (χ2v) is 5.85. The molecule has 0 saturated carbocycles. The van der Waals surface area contributed by atoms with Gasteiger partial charge in [0.1, 0.15) is 5.76 Å². The molecule has 1 aromatic heterocycles. The highest BCUT2D eigenvalue weighted by Gasteiger charge is 2.21. The number of oxazole rings is 1. The molecule has 92 valence electrons. The minimum atomic E-state index is -3.46. The molecule has 16 heavy (non-hydrogen) atoms. The van der Waals surface area contributed by atoms with Crippen molar-refractivity contribution in [3.8, 4) is 0 Å². The molecule has 0 aromatic carbocycles. The first kappa shape index (κ1) is 13.2. The summed E-state index contributed by atoms with van der Waals surface area (Å²) in [6.45, 7) is 7.26. The molecular formula is C10H17NO4S. The molecule has 0 aliphatic rings. The normalized spacial score (nSPS) is 12.3. The zero-order valence-corrected chi connectivity index (χ0v) is 10.8. The summed E-state index contributed by atoms with van der Waals surface area (Å²) in [6, 6.07) is 0. The molecule has 0 spiro atoms. The van der Waals surface area contributed by atoms with Crippen molar-refractivity contribution in [2.45, 2.75) is 39.0 Å². The Morgan fingerprint density at radius 3 is 2.44 bits per heavy atom. The van der Waals surface area contributed by atoms with Crippen molar-refractivity contribution in [1.29, 1.82) is 0 Å². The van der Waals surface area contributed by atoms with E-state index in [1.54, 1.807) is 13.8 Å². The summed E-state index contributed by atoms with van der Waals surface area (Å²) in [7, 11) is -3.46. The molecule has 1 heterocycles. The molecule has 0 amide bonds. The number of hydrogen-bond donors (Lipinski definition) is 0. The van der Waals surface area contributed by atoms with Gasteiger partial charge in [0.25, 0.3) is 0 Å². The maximum Gasteiger partial charge on any atom is 0.315 e. The summed E-state index contributed by atoms with van der Waals surface area (Å²) in [6.07, 6.45) is 0.0169. The second kappa shape index (κ2) is 4.97. The van der Waals surface area contributed by atoms with E-state index in [0.29, 0.717) is 11.5 Å². The van der Waals surface area contributed by atoms with Gasteiger partial charge in [0.2, 0.25) is 9.84 Å². The lowest BCUT2D eigenvalue weighted by molar-refractivity contribution is 0.0910. The van der Waals surface area contributed by atoms with Crippen LogP contribution in [0.5, 0.6) is 0 Å². The predicted octanol–water partition coefficient (Wildman–Crippen LogP) is 1.49. The van der Waals surface area contributed by atoms with Gasteiger partial charge in [-0.25, -0.2) is 13.4 Å². The molecule has 0 unspecified atom stereocenters. The van der Waals surface area contributed by atoms with Crippen LogP contribution in [0.3, 0.4) is 0 Å². The third-order valence-electron chi connectivity index (χ3n) is 2.08. The number of ether oxygens (including phenoxy) is 1. The van der Waals surface area contributed by atoms with Gasteiger partial charge < -0.3 is 9.15 Å². The SMILES string of the molecule is Cc1nc(S(=O)(=O)CCOC(C)C)oc1C. The van der Waals surface area contributed by atoms with Crippen molar-refractivity contribution in [1.82, 2.24) is 4.98 Å². The standard InChI is InChI=1S/C10H17NO4S/c1-7(2)14-5-6-16(12,13)10-11-8(3)9(4)15-10/h7H,5-6H2,1-4H3. The number of hydrogen-bond acceptors (Lipinski definition) is 5. The minimum absolute atomic E-state index is 0.0169. The molecule has 0 N–H and O–H groups in total. The van der Waals surface area contributed by atoms with Crippen LogP contribution in [0.25, 0.3) is 0 Å². The quantitative estimate of drug-likeness (QED) is 0.788. The first-order valence-corrected chi connectivity index (χ1v) is 6.76. The van der Waals surface area contributed by atoms with E-state index in [-0.39, 0.29) is 23.7 Å². The van der Waals surface area contributed by atoms with Crippen molar-refractivity contribution in [3.63, 3.8) is 0 Å². The minimum Gasteiger partial charge on any atom is -0.433 e. The predicted molar refractivity (Wildman–Crippen MR) is 59.1 cm³/mol. The number of sulfone groups is 1. The average molecular weight is 247 g/mol. The van der Waals surface area contributed by atoms with Gasteiger partial charge in [-0.1, -0.05) is 0 Å². The molecule has 0 aliphatic carbocycles. The van der Waals surface area contributed by atoms with Gasteiger partial charge in [-0.3, -0.25) is 0 Å². The molecule has 1 aromatic rings. The smallest absolute Gasteiger partial charge is 0.315 e. The number of rotatable bonds is 5. The number of aromatic nitrogens is 1. The Hall–Kier alpha value is -0.880. The van der Waals surface area contributed by atoms with Gasteiger partial charge in [0.05, 0.1) is 24.2 Å². The highest BCUT2D eigenvalue weighted by molar-refractivity contribution is 7.91. The highest BCUT2D eigenvalue weighted by atomic mass is 32.2. The summed E-state index contributed by atoms with van der Waals surface area (Å²) in [5, 5.41) is -0.213. The van der Waals surface area contributed by atoms with E-state index < -0.39 is 9.84 Å². The fourth-order valence-corrected chi connectivity index (χ4v) is 2.08. The first-order valence-electron chi connectivity index (χ1n) is 5.11. The van der Waals surface area contributed by atoms with Crippen LogP contribution >= 0.6 is 0 Å². The van der Waals surface area contributed by atoms with Crippen molar-refractivity contribution in [2.24, 2.45) is 0 Å². The zero-order valence-electron chi connectivity index (χ0n) is 9.98. The Labute approximate surface area is 95.7 Å². The van der Waals surface area contributed by atoms with Gasteiger partial charge in [-0.15, -0.1) is 0 Å². The van der Waals surface area contributed by atoms with E-state index in [1.807, 2.05) is 13.8 Å². The summed E-state index contributed by atoms with van der Waals surface area (Å²) < 4.78 is 33.8. The Kier molecular flexibility index (Phi) is 4.09. The molecular weight excluding hydrogens is 230 g/mol. The molecule has 0 saturated heterocycles. The van der Waals surface area contributed by atoms with Crippen LogP contribution in [0.2, 0.25) is 0 Å². The van der Waals surface area contributed by atoms with Crippen LogP contribution in [0, 0.1) is 13.8 Å². The van der Waals surface area contributed by atoms with Crippen LogP contribution in [0.1, 0.15) is 25.3 Å². The van der Waals surface area contributed by atoms with E-state index >= 15 is 0 Å². The first-order chi connectivity index (χ1) is 7.33. The maximum atomic E-state index is 11.7. The Morgan fingerprint density at radius 2 is 2.00 bits per heavy atom. The van der Waals surface area contributed by atoms with Gasteiger partial charge in [-0.05, 0) is 27.7 Å². The fraction of sp³-hybridized carbons (Fsp3) is 0.700. The lowest BCUT2D eigenvalue weighted by Crippen LogP contribution is -2.15. The number of aryl methyl sites for hydroxylation is 2. The molecule has 0 fully saturated rings. The van der Waals surface area contributed by atoms with Crippen LogP contribution < -0.4 is 0 Å². The van der Waals surface area contributed by atoms with Crippen molar-refractivity contribution in [2.75, 3.05) is 12.4 Å². The average Bonchev–Trinajstić information content (AvgIpc) is 2.46. The van der Waals surface area contributed by atoms with Gasteiger partial charge in [0.15, 0.2) is 0 Å². The van der Waals surface area contributed by atoms with E-state index in [0.717, 1.165) is 0 Å². The van der Waals surface area contributed by atoms with E-state index in [9.17, 15) is 8.42 Å². The summed E-state index contributed by atoms with van der Waals surface area (Å²) in [4.78, 5) is 3.87. The molecule has 5 nitrogen and oxygen atoms in total. The third kappa shape index (κ3) is 3.31. The van der Waals surface area contributed by atoms with E-state index in [4.69, 9.17) is 9.15 Å². The zero-order chi connectivity index (χ0) is 12.3. The lowest BCUT2D eigenvalue weighted by Gasteiger charge is -2.05. The van der Waals surface area contributed by atoms with Crippen LogP contribution in [0.15, 0.2) is 9.64 Å². The largest absolute Gasteiger partial charge is 0.433 e. The Bertz CT molecular complexity index is 428. The van der Waals surface area contributed by atoms with Crippen molar-refractivity contribution < 1.29 is 17.6 Å². The highest BCUT2D eigenvalue weighted by Crippen LogP contribution is 2.14. The topological polar surface area (TPSA) is 69.4 Å². The monoisotopic (exact) mass is 247 g/mol. The Balaban J connectivity index is 2.71. The lowest BCUT2D eigenvalue weighted by atomic mass is 10.4. The third-order valence-corrected chi connectivity index (χ3v) is 3.49. The molecule has 0 bridgehead atoms. The fourth-order valence-electron chi connectivity index (χ4n) is 1.06. The van der Waals surface area contributed by atoms with Crippen LogP contribution in [-0.4, -0.2) is 31.9 Å². The summed E-state index contributed by atoms with van der Waals surface area (Å²) in [5.41, 5.74) is 0.600. The number of nitrogens with zero attached hydrogens (tertiary/aromatic N) is 1. The maximum absolute atomic E-state index is 11.7. The second-order valence-electron chi connectivity index (χ2n) is 3.86. The van der Waals surface area contributed by atoms with Crippen LogP contribution in [-0.2, 0) is 14.6 Å². The van der Waals surface area contributed by atoms with E-state index in [1.165, 1.54) is 0 Å². The molecule has 0 aliphatic heterocycles. The summed E-state index contributed by atoms with van der Waals surface area (Å²) in [5.74, 6) is 0.424. The van der Waals surface area contributed by atoms with Gasteiger partial charge in [-0.2, -0.15) is 0 Å². The molecule has 6 heteroatoms. The van der Waals surface area contributed by atoms with Crippen molar-refractivity contribution in [3.05, 3.63) is 11.5 Å². The van der Waals surface area contributed by atoms with Gasteiger partial charge in [0, 0.05) is 0 Å². The van der Waals surface area contributed by atoms with E-state index in [2.05, 4.69) is 4.98 Å². The molecule has 0 atom stereocenters. The molecule has 1 rings (SSSR count). The molecule has 0 radical (unpaired) electrons. The summed E-state index contributed by atoms with van der Waals surface area (Å²) >= 11 is 0. The van der Waals surface area contributed by atoms with Crippen LogP contribution in [0.4, 0.5) is 0 Å². The Morgan fingerprint density at radius 1 is 1.38 bits per heavy atom. The van der Waals surface area contributed by atoms with Crippen molar-refractivity contribution >= 4 is 9.84 Å².